The Kier molecular flexibility index (Phi) is 8.37. The average molecular weight is 315 g/mol. The standard InChI is InChI=1S/C16H26N2O2.ClH/c1-5-16(17,6-2)11-18-15(19)13(4)20-14-9-7-12(3)8-10-14;/h7-10,13H,5-6,11,17H2,1-4H3,(H,18,19);1H. The summed E-state index contributed by atoms with van der Waals surface area (Å²) in [5.41, 5.74) is 6.99. The minimum absolute atomic E-state index is 0. The molecule has 1 atom stereocenters. The van der Waals surface area contributed by atoms with Crippen LogP contribution in [0.3, 0.4) is 0 Å². The summed E-state index contributed by atoms with van der Waals surface area (Å²) in [7, 11) is 0. The van der Waals surface area contributed by atoms with E-state index in [0.29, 0.717) is 12.3 Å². The SMILES string of the molecule is CCC(N)(CC)CNC(=O)C(C)Oc1ccc(C)cc1.Cl. The van der Waals surface area contributed by atoms with E-state index in [1.54, 1.807) is 6.92 Å². The second-order valence-corrected chi connectivity index (χ2v) is 5.36. The maximum atomic E-state index is 12.0. The summed E-state index contributed by atoms with van der Waals surface area (Å²) in [6.45, 7) is 8.28. The summed E-state index contributed by atoms with van der Waals surface area (Å²) in [5.74, 6) is 0.561. The van der Waals surface area contributed by atoms with Gasteiger partial charge in [0.15, 0.2) is 6.10 Å². The van der Waals surface area contributed by atoms with Crippen LogP contribution in [-0.4, -0.2) is 24.1 Å². The molecule has 0 spiro atoms. The molecule has 0 heterocycles. The molecule has 0 saturated carbocycles. The van der Waals surface area contributed by atoms with Crippen molar-refractivity contribution in [2.75, 3.05) is 6.54 Å². The van der Waals surface area contributed by atoms with Gasteiger partial charge < -0.3 is 15.8 Å². The Morgan fingerprint density at radius 1 is 1.29 bits per heavy atom. The maximum absolute atomic E-state index is 12.0. The highest BCUT2D eigenvalue weighted by Gasteiger charge is 2.23. The number of nitrogens with one attached hydrogen (secondary N) is 1. The van der Waals surface area contributed by atoms with Crippen LogP contribution in [0.25, 0.3) is 0 Å². The molecule has 0 aliphatic carbocycles. The van der Waals surface area contributed by atoms with Crippen molar-refractivity contribution in [3.8, 4) is 5.75 Å². The monoisotopic (exact) mass is 314 g/mol. The second kappa shape index (κ2) is 8.90. The molecule has 1 aromatic carbocycles. The fraction of sp³-hybridized carbons (Fsp3) is 0.562. The number of amides is 1. The fourth-order valence-corrected chi connectivity index (χ4v) is 1.78. The highest BCUT2D eigenvalue weighted by Crippen LogP contribution is 2.14. The molecule has 5 heteroatoms. The van der Waals surface area contributed by atoms with Crippen LogP contribution in [-0.2, 0) is 4.79 Å². The van der Waals surface area contributed by atoms with Crippen molar-refractivity contribution < 1.29 is 9.53 Å². The zero-order chi connectivity index (χ0) is 15.2. The third kappa shape index (κ3) is 6.36. The van der Waals surface area contributed by atoms with Crippen LogP contribution in [0.2, 0.25) is 0 Å². The van der Waals surface area contributed by atoms with Gasteiger partial charge in [-0.1, -0.05) is 31.5 Å². The summed E-state index contributed by atoms with van der Waals surface area (Å²) >= 11 is 0. The van der Waals surface area contributed by atoms with Gasteiger partial charge in [0.1, 0.15) is 5.75 Å². The Morgan fingerprint density at radius 2 is 1.81 bits per heavy atom. The second-order valence-electron chi connectivity index (χ2n) is 5.36. The first-order chi connectivity index (χ1) is 9.40. The van der Waals surface area contributed by atoms with Gasteiger partial charge in [0.2, 0.25) is 0 Å². The first-order valence-corrected chi connectivity index (χ1v) is 7.20. The topological polar surface area (TPSA) is 64.3 Å². The lowest BCUT2D eigenvalue weighted by atomic mass is 9.94. The van der Waals surface area contributed by atoms with E-state index in [1.807, 2.05) is 45.0 Å². The third-order valence-corrected chi connectivity index (χ3v) is 3.73. The van der Waals surface area contributed by atoms with E-state index in [9.17, 15) is 4.79 Å². The Bertz CT molecular complexity index is 430. The molecular weight excluding hydrogens is 288 g/mol. The van der Waals surface area contributed by atoms with Crippen LogP contribution in [0.1, 0.15) is 39.2 Å². The zero-order valence-corrected chi connectivity index (χ0v) is 14.1. The molecule has 3 N–H and O–H groups in total. The number of aryl methyl sites for hydroxylation is 1. The van der Waals surface area contributed by atoms with E-state index >= 15 is 0 Å². The molecule has 1 aromatic rings. The fourth-order valence-electron chi connectivity index (χ4n) is 1.78. The molecular formula is C16H27ClN2O2. The summed E-state index contributed by atoms with van der Waals surface area (Å²) in [5, 5.41) is 2.87. The number of halogens is 1. The van der Waals surface area contributed by atoms with Crippen LogP contribution in [0.5, 0.6) is 5.75 Å². The maximum Gasteiger partial charge on any atom is 0.260 e. The van der Waals surface area contributed by atoms with E-state index in [0.717, 1.165) is 18.4 Å². The minimum Gasteiger partial charge on any atom is -0.481 e. The number of hydrogen-bond donors (Lipinski definition) is 2. The molecule has 0 saturated heterocycles. The van der Waals surface area contributed by atoms with E-state index in [1.165, 1.54) is 0 Å². The van der Waals surface area contributed by atoms with Gasteiger partial charge in [-0.25, -0.2) is 0 Å². The molecule has 1 amide bonds. The summed E-state index contributed by atoms with van der Waals surface area (Å²) in [6.07, 6.45) is 1.13. The van der Waals surface area contributed by atoms with Crippen molar-refractivity contribution in [1.29, 1.82) is 0 Å². The molecule has 1 rings (SSSR count). The molecule has 21 heavy (non-hydrogen) atoms. The van der Waals surface area contributed by atoms with E-state index in [2.05, 4.69) is 5.32 Å². The molecule has 0 aliphatic heterocycles. The van der Waals surface area contributed by atoms with Gasteiger partial charge >= 0.3 is 0 Å². The largest absolute Gasteiger partial charge is 0.481 e. The van der Waals surface area contributed by atoms with Gasteiger partial charge in [-0.3, -0.25) is 4.79 Å². The molecule has 0 fully saturated rings. The molecule has 0 bridgehead atoms. The van der Waals surface area contributed by atoms with Crippen molar-refractivity contribution >= 4 is 18.3 Å². The van der Waals surface area contributed by atoms with Crippen molar-refractivity contribution in [2.24, 2.45) is 5.73 Å². The Labute approximate surface area is 133 Å². The average Bonchev–Trinajstić information content (AvgIpc) is 2.46. The van der Waals surface area contributed by atoms with Crippen LogP contribution < -0.4 is 15.8 Å². The number of ether oxygens (including phenoxy) is 1. The molecule has 0 radical (unpaired) electrons. The van der Waals surface area contributed by atoms with Crippen molar-refractivity contribution in [1.82, 2.24) is 5.32 Å². The Balaban J connectivity index is 0.00000400. The number of carbonyl (C=O) groups is 1. The van der Waals surface area contributed by atoms with Gasteiger partial charge in [-0.05, 0) is 38.8 Å². The van der Waals surface area contributed by atoms with Gasteiger partial charge in [0.05, 0.1) is 0 Å². The number of hydrogen-bond acceptors (Lipinski definition) is 3. The van der Waals surface area contributed by atoms with Crippen LogP contribution >= 0.6 is 12.4 Å². The van der Waals surface area contributed by atoms with E-state index in [4.69, 9.17) is 10.5 Å². The predicted molar refractivity (Wildman–Crippen MR) is 89.0 cm³/mol. The van der Waals surface area contributed by atoms with Gasteiger partial charge in [-0.15, -0.1) is 12.4 Å². The molecule has 0 aliphatic rings. The van der Waals surface area contributed by atoms with E-state index in [-0.39, 0.29) is 23.9 Å². The molecule has 1 unspecified atom stereocenters. The first-order valence-electron chi connectivity index (χ1n) is 7.20. The Morgan fingerprint density at radius 3 is 2.29 bits per heavy atom. The van der Waals surface area contributed by atoms with E-state index < -0.39 is 6.10 Å². The molecule has 120 valence electrons. The summed E-state index contributed by atoms with van der Waals surface area (Å²) in [6, 6.07) is 7.65. The van der Waals surface area contributed by atoms with Gasteiger partial charge in [-0.2, -0.15) is 0 Å². The number of nitrogens with two attached hydrogens (primary N) is 1. The lowest BCUT2D eigenvalue weighted by molar-refractivity contribution is -0.127. The zero-order valence-electron chi connectivity index (χ0n) is 13.3. The smallest absolute Gasteiger partial charge is 0.260 e. The quantitative estimate of drug-likeness (QED) is 0.813. The van der Waals surface area contributed by atoms with Crippen molar-refractivity contribution in [2.45, 2.75) is 52.2 Å². The number of rotatable bonds is 7. The normalized spacial score (nSPS) is 12.2. The van der Waals surface area contributed by atoms with Crippen molar-refractivity contribution in [3.05, 3.63) is 29.8 Å². The van der Waals surface area contributed by atoms with Gasteiger partial charge in [0, 0.05) is 12.1 Å². The van der Waals surface area contributed by atoms with Gasteiger partial charge in [0.25, 0.3) is 5.91 Å². The van der Waals surface area contributed by atoms with Crippen molar-refractivity contribution in [3.63, 3.8) is 0 Å². The predicted octanol–water partition coefficient (Wildman–Crippen LogP) is 2.82. The lowest BCUT2D eigenvalue weighted by Gasteiger charge is -2.27. The summed E-state index contributed by atoms with van der Waals surface area (Å²) < 4.78 is 5.61. The molecule has 0 aromatic heterocycles. The first kappa shape index (κ1) is 19.7. The van der Waals surface area contributed by atoms with Crippen LogP contribution in [0, 0.1) is 6.92 Å². The van der Waals surface area contributed by atoms with Crippen LogP contribution in [0.15, 0.2) is 24.3 Å². The minimum atomic E-state index is -0.532. The van der Waals surface area contributed by atoms with Crippen LogP contribution in [0.4, 0.5) is 0 Å². The highest BCUT2D eigenvalue weighted by atomic mass is 35.5. The highest BCUT2D eigenvalue weighted by molar-refractivity contribution is 5.85. The number of carbonyl (C=O) groups excluding carboxylic acids is 1. The molecule has 4 nitrogen and oxygen atoms in total. The lowest BCUT2D eigenvalue weighted by Crippen LogP contribution is -2.51. The number of benzene rings is 1. The third-order valence-electron chi connectivity index (χ3n) is 3.73. The summed E-state index contributed by atoms with van der Waals surface area (Å²) in [4.78, 5) is 12.0. The Hall–Kier alpha value is -1.26.